The first-order valence-corrected chi connectivity index (χ1v) is 6.47. The Bertz CT molecular complexity index is 441. The molecule has 5 nitrogen and oxygen atoms in total. The third kappa shape index (κ3) is 3.79. The molecule has 0 unspecified atom stereocenters. The maximum absolute atomic E-state index is 11.7. The van der Waals surface area contributed by atoms with Gasteiger partial charge in [-0.15, -0.1) is 0 Å². The molecule has 0 aliphatic carbocycles. The standard InChI is InChI=1S/C14H18N2O3/c15-12(10-11-6-2-1-3-7-11)13(17)19-14(18)16-8-4-5-9-16/h1-3,6-7,12H,4-5,8-10,15H2/t12-/m0/s1. The highest BCUT2D eigenvalue weighted by molar-refractivity contribution is 5.87. The number of amides is 1. The number of rotatable bonds is 3. The summed E-state index contributed by atoms with van der Waals surface area (Å²) >= 11 is 0. The summed E-state index contributed by atoms with van der Waals surface area (Å²) in [5.41, 5.74) is 6.70. The molecule has 0 radical (unpaired) electrons. The number of carbonyl (C=O) groups excluding carboxylic acids is 2. The lowest BCUT2D eigenvalue weighted by Gasteiger charge is -2.16. The summed E-state index contributed by atoms with van der Waals surface area (Å²) in [4.78, 5) is 24.9. The van der Waals surface area contributed by atoms with Crippen LogP contribution < -0.4 is 5.73 Å². The molecule has 2 N–H and O–H groups in total. The van der Waals surface area contributed by atoms with Crippen LogP contribution in [0.3, 0.4) is 0 Å². The first kappa shape index (κ1) is 13.5. The van der Waals surface area contributed by atoms with E-state index in [1.54, 1.807) is 0 Å². The third-order valence-corrected chi connectivity index (χ3v) is 3.15. The van der Waals surface area contributed by atoms with Gasteiger partial charge in [-0.1, -0.05) is 30.3 Å². The van der Waals surface area contributed by atoms with E-state index in [9.17, 15) is 9.59 Å². The fourth-order valence-corrected chi connectivity index (χ4v) is 2.08. The Morgan fingerprint density at radius 1 is 1.21 bits per heavy atom. The van der Waals surface area contributed by atoms with Crippen molar-refractivity contribution < 1.29 is 14.3 Å². The zero-order valence-corrected chi connectivity index (χ0v) is 10.7. The largest absolute Gasteiger partial charge is 0.417 e. The smallest absolute Gasteiger partial charge is 0.375 e. The number of ether oxygens (including phenoxy) is 1. The zero-order valence-electron chi connectivity index (χ0n) is 10.7. The lowest BCUT2D eigenvalue weighted by Crippen LogP contribution is -2.39. The van der Waals surface area contributed by atoms with Gasteiger partial charge in [0.25, 0.3) is 0 Å². The van der Waals surface area contributed by atoms with Crippen molar-refractivity contribution in [2.75, 3.05) is 13.1 Å². The molecule has 2 rings (SSSR count). The van der Waals surface area contributed by atoms with Crippen LogP contribution in [-0.4, -0.2) is 36.1 Å². The van der Waals surface area contributed by atoms with Gasteiger partial charge in [-0.2, -0.15) is 0 Å². The van der Waals surface area contributed by atoms with Gasteiger partial charge in [-0.25, -0.2) is 9.59 Å². The van der Waals surface area contributed by atoms with E-state index in [-0.39, 0.29) is 0 Å². The van der Waals surface area contributed by atoms with E-state index in [0.717, 1.165) is 18.4 Å². The first-order valence-electron chi connectivity index (χ1n) is 6.47. The first-order chi connectivity index (χ1) is 9.16. The highest BCUT2D eigenvalue weighted by Crippen LogP contribution is 2.10. The minimum absolute atomic E-state index is 0.368. The van der Waals surface area contributed by atoms with Gasteiger partial charge in [-0.05, 0) is 24.8 Å². The van der Waals surface area contributed by atoms with Gasteiger partial charge >= 0.3 is 12.1 Å². The number of esters is 1. The highest BCUT2D eigenvalue weighted by atomic mass is 16.6. The second-order valence-corrected chi connectivity index (χ2v) is 4.68. The molecule has 0 saturated carbocycles. The number of likely N-dealkylation sites (tertiary alicyclic amines) is 1. The van der Waals surface area contributed by atoms with E-state index >= 15 is 0 Å². The van der Waals surface area contributed by atoms with Crippen molar-refractivity contribution in [3.63, 3.8) is 0 Å². The minimum atomic E-state index is -0.811. The van der Waals surface area contributed by atoms with Crippen LogP contribution in [0.15, 0.2) is 30.3 Å². The molecule has 5 heteroatoms. The van der Waals surface area contributed by atoms with Gasteiger partial charge < -0.3 is 15.4 Å². The highest BCUT2D eigenvalue weighted by Gasteiger charge is 2.24. The van der Waals surface area contributed by atoms with Gasteiger partial charge in [0.2, 0.25) is 0 Å². The molecule has 1 fully saturated rings. The number of benzene rings is 1. The topological polar surface area (TPSA) is 72.6 Å². The summed E-state index contributed by atoms with van der Waals surface area (Å²) < 4.78 is 4.79. The molecule has 1 aromatic rings. The van der Waals surface area contributed by atoms with Gasteiger partial charge in [0.15, 0.2) is 0 Å². The van der Waals surface area contributed by atoms with Crippen LogP contribution in [0.4, 0.5) is 4.79 Å². The Morgan fingerprint density at radius 3 is 2.47 bits per heavy atom. The van der Waals surface area contributed by atoms with Gasteiger partial charge in [0.05, 0.1) is 0 Å². The number of hydrogen-bond donors (Lipinski definition) is 1. The lowest BCUT2D eigenvalue weighted by atomic mass is 10.1. The molecule has 1 aliphatic rings. The average Bonchev–Trinajstić information content (AvgIpc) is 2.93. The van der Waals surface area contributed by atoms with Crippen LogP contribution in [-0.2, 0) is 16.0 Å². The van der Waals surface area contributed by atoms with Crippen LogP contribution in [0.1, 0.15) is 18.4 Å². The van der Waals surface area contributed by atoms with Crippen molar-refractivity contribution in [1.29, 1.82) is 0 Å². The summed E-state index contributed by atoms with van der Waals surface area (Å²) in [5, 5.41) is 0. The molecule has 0 aromatic heterocycles. The van der Waals surface area contributed by atoms with Crippen LogP contribution in [0.2, 0.25) is 0 Å². The van der Waals surface area contributed by atoms with E-state index in [0.29, 0.717) is 19.5 Å². The summed E-state index contributed by atoms with van der Waals surface area (Å²) in [6.07, 6.45) is 1.71. The number of carbonyl (C=O) groups is 2. The fraction of sp³-hybridized carbons (Fsp3) is 0.429. The van der Waals surface area contributed by atoms with E-state index in [1.807, 2.05) is 30.3 Å². The number of nitrogens with two attached hydrogens (primary N) is 1. The maximum Gasteiger partial charge on any atom is 0.417 e. The normalized spacial score (nSPS) is 16.2. The molecule has 1 aliphatic heterocycles. The second kappa shape index (κ2) is 6.33. The van der Waals surface area contributed by atoms with Crippen LogP contribution in [0.5, 0.6) is 0 Å². The van der Waals surface area contributed by atoms with E-state index < -0.39 is 18.1 Å². The Balaban J connectivity index is 1.83. The average molecular weight is 262 g/mol. The Labute approximate surface area is 112 Å². The predicted octanol–water partition coefficient (Wildman–Crippen LogP) is 1.32. The molecule has 1 aromatic carbocycles. The van der Waals surface area contributed by atoms with Crippen molar-refractivity contribution in [3.05, 3.63) is 35.9 Å². The molecule has 1 saturated heterocycles. The number of hydrogen-bond acceptors (Lipinski definition) is 4. The SMILES string of the molecule is N[C@@H](Cc1ccccc1)C(=O)OC(=O)N1CCCC1. The molecular weight excluding hydrogens is 244 g/mol. The second-order valence-electron chi connectivity index (χ2n) is 4.68. The van der Waals surface area contributed by atoms with Crippen molar-refractivity contribution in [2.24, 2.45) is 5.73 Å². The summed E-state index contributed by atoms with van der Waals surface area (Å²) in [6, 6.07) is 8.61. The van der Waals surface area contributed by atoms with Crippen molar-refractivity contribution in [2.45, 2.75) is 25.3 Å². The van der Waals surface area contributed by atoms with Crippen LogP contribution in [0, 0.1) is 0 Å². The molecule has 0 spiro atoms. The van der Waals surface area contributed by atoms with Crippen molar-refractivity contribution in [1.82, 2.24) is 4.90 Å². The van der Waals surface area contributed by atoms with Gasteiger partial charge in [0, 0.05) is 13.1 Å². The molecule has 1 amide bonds. The summed E-state index contributed by atoms with van der Waals surface area (Å²) in [5.74, 6) is -0.666. The van der Waals surface area contributed by atoms with Crippen molar-refractivity contribution >= 4 is 12.1 Å². The minimum Gasteiger partial charge on any atom is -0.375 e. The maximum atomic E-state index is 11.7. The molecule has 19 heavy (non-hydrogen) atoms. The van der Waals surface area contributed by atoms with Gasteiger partial charge in [-0.3, -0.25) is 0 Å². The molecule has 102 valence electrons. The Morgan fingerprint density at radius 2 is 1.84 bits per heavy atom. The van der Waals surface area contributed by atoms with Crippen molar-refractivity contribution in [3.8, 4) is 0 Å². The van der Waals surface area contributed by atoms with E-state index in [2.05, 4.69) is 0 Å². The fourth-order valence-electron chi connectivity index (χ4n) is 2.08. The third-order valence-electron chi connectivity index (χ3n) is 3.15. The summed E-state index contributed by atoms with van der Waals surface area (Å²) in [6.45, 7) is 1.31. The van der Waals surface area contributed by atoms with Crippen LogP contribution in [0.25, 0.3) is 0 Å². The molecule has 0 bridgehead atoms. The zero-order chi connectivity index (χ0) is 13.7. The lowest BCUT2D eigenvalue weighted by molar-refractivity contribution is -0.139. The summed E-state index contributed by atoms with van der Waals surface area (Å²) in [7, 11) is 0. The Kier molecular flexibility index (Phi) is 4.52. The molecular formula is C14H18N2O3. The van der Waals surface area contributed by atoms with E-state index in [1.165, 1.54) is 4.90 Å². The molecule has 1 heterocycles. The van der Waals surface area contributed by atoms with Gasteiger partial charge in [0.1, 0.15) is 6.04 Å². The predicted molar refractivity (Wildman–Crippen MR) is 70.4 cm³/mol. The molecule has 1 atom stereocenters. The number of nitrogens with zero attached hydrogens (tertiary/aromatic N) is 1. The van der Waals surface area contributed by atoms with E-state index in [4.69, 9.17) is 10.5 Å². The monoisotopic (exact) mass is 262 g/mol. The quantitative estimate of drug-likeness (QED) is 0.658. The Hall–Kier alpha value is -1.88. The van der Waals surface area contributed by atoms with Crippen LogP contribution >= 0.6 is 0 Å².